The second kappa shape index (κ2) is 15.7. The van der Waals surface area contributed by atoms with Gasteiger partial charge in [0, 0.05) is 51.6 Å². The van der Waals surface area contributed by atoms with E-state index in [4.69, 9.17) is 18.6 Å². The average molecular weight is 661 g/mol. The lowest BCUT2D eigenvalue weighted by atomic mass is 9.95. The van der Waals surface area contributed by atoms with E-state index in [1.807, 2.05) is 17.0 Å². The highest BCUT2D eigenvalue weighted by molar-refractivity contribution is 5.91. The molecule has 0 unspecified atom stereocenters. The molecule has 1 aliphatic heterocycles. The van der Waals surface area contributed by atoms with Gasteiger partial charge in [-0.05, 0) is 72.7 Å². The van der Waals surface area contributed by atoms with Crippen molar-refractivity contribution in [1.82, 2.24) is 15.1 Å². The Morgan fingerprint density at radius 3 is 2.33 bits per heavy atom. The molecule has 1 aromatic heterocycles. The number of carbonyl (C=O) groups excluding carboxylic acids is 3. The van der Waals surface area contributed by atoms with E-state index in [2.05, 4.69) is 10.6 Å². The van der Waals surface area contributed by atoms with E-state index in [1.165, 1.54) is 13.2 Å². The van der Waals surface area contributed by atoms with Crippen LogP contribution in [0.5, 0.6) is 17.2 Å². The van der Waals surface area contributed by atoms with Gasteiger partial charge < -0.3 is 39.1 Å². The van der Waals surface area contributed by atoms with Gasteiger partial charge in [0.15, 0.2) is 17.3 Å². The number of nitrogens with zero attached hydrogens (tertiary/aromatic N) is 2. The molecule has 5 rings (SSSR count). The van der Waals surface area contributed by atoms with Crippen LogP contribution in [-0.2, 0) is 16.0 Å². The first-order chi connectivity index (χ1) is 23.2. The van der Waals surface area contributed by atoms with Crippen LogP contribution in [0.1, 0.15) is 66.8 Å². The molecule has 0 bridgehead atoms. The summed E-state index contributed by atoms with van der Waals surface area (Å²) >= 11 is 0. The Morgan fingerprint density at radius 2 is 1.67 bits per heavy atom. The summed E-state index contributed by atoms with van der Waals surface area (Å²) in [7, 11) is 4.70. The predicted molar refractivity (Wildman–Crippen MR) is 181 cm³/mol. The fourth-order valence-corrected chi connectivity index (χ4v) is 6.53. The van der Waals surface area contributed by atoms with Gasteiger partial charge in [-0.3, -0.25) is 19.2 Å². The number of nitrogens with one attached hydrogen (secondary N) is 2. The molecule has 3 aromatic rings. The van der Waals surface area contributed by atoms with Crippen molar-refractivity contribution in [2.24, 2.45) is 0 Å². The van der Waals surface area contributed by atoms with E-state index in [9.17, 15) is 19.2 Å². The molecule has 0 saturated carbocycles. The molecule has 48 heavy (non-hydrogen) atoms. The molecule has 1 fully saturated rings. The quantitative estimate of drug-likeness (QED) is 0.271. The Labute approximate surface area is 280 Å². The van der Waals surface area contributed by atoms with Gasteiger partial charge in [-0.15, -0.1) is 0 Å². The van der Waals surface area contributed by atoms with Gasteiger partial charge >= 0.3 is 0 Å². The Kier molecular flexibility index (Phi) is 11.3. The number of hydrogen-bond donors (Lipinski definition) is 2. The molecule has 0 spiro atoms. The maximum Gasteiger partial charge on any atom is 0.289 e. The van der Waals surface area contributed by atoms with Crippen LogP contribution in [0.25, 0.3) is 11.1 Å². The summed E-state index contributed by atoms with van der Waals surface area (Å²) in [6.45, 7) is 4.01. The summed E-state index contributed by atoms with van der Waals surface area (Å²) in [5.74, 6) is 1.57. The number of carbonyl (C=O) groups is 3. The minimum Gasteiger partial charge on any atom is -0.493 e. The van der Waals surface area contributed by atoms with Crippen LogP contribution < -0.4 is 30.3 Å². The number of furan rings is 1. The first kappa shape index (κ1) is 34.3. The number of benzene rings is 1. The molecule has 12 nitrogen and oxygen atoms in total. The van der Waals surface area contributed by atoms with Crippen LogP contribution in [0.4, 0.5) is 5.69 Å². The number of fused-ring (bicyclic) bond motifs is 3. The summed E-state index contributed by atoms with van der Waals surface area (Å²) < 4.78 is 22.3. The van der Waals surface area contributed by atoms with Crippen molar-refractivity contribution in [1.29, 1.82) is 0 Å². The molecule has 12 heteroatoms. The lowest BCUT2D eigenvalue weighted by molar-refractivity contribution is -0.132. The van der Waals surface area contributed by atoms with Crippen molar-refractivity contribution in [3.8, 4) is 28.4 Å². The predicted octanol–water partition coefficient (Wildman–Crippen LogP) is 4.41. The Morgan fingerprint density at radius 1 is 0.917 bits per heavy atom. The van der Waals surface area contributed by atoms with Gasteiger partial charge in [0.05, 0.1) is 39.3 Å². The molecular formula is C36H44N4O8. The number of aryl methyl sites for hydroxylation is 1. The largest absolute Gasteiger partial charge is 0.493 e. The van der Waals surface area contributed by atoms with Crippen LogP contribution >= 0.6 is 0 Å². The number of hydrogen-bond acceptors (Lipinski definition) is 9. The van der Waals surface area contributed by atoms with E-state index in [0.717, 1.165) is 36.0 Å². The Bertz CT molecular complexity index is 1680. The molecule has 2 heterocycles. The smallest absolute Gasteiger partial charge is 0.289 e. The van der Waals surface area contributed by atoms with Gasteiger partial charge in [0.1, 0.15) is 0 Å². The molecule has 1 saturated heterocycles. The second-order valence-corrected chi connectivity index (χ2v) is 12.0. The highest BCUT2D eigenvalue weighted by Crippen LogP contribution is 2.50. The molecule has 1 aliphatic carbocycles. The third-order valence-corrected chi connectivity index (χ3v) is 8.95. The van der Waals surface area contributed by atoms with Crippen molar-refractivity contribution < 1.29 is 33.0 Å². The van der Waals surface area contributed by atoms with Crippen molar-refractivity contribution in [2.45, 2.75) is 51.5 Å². The van der Waals surface area contributed by atoms with Gasteiger partial charge in [-0.25, -0.2) is 0 Å². The van der Waals surface area contributed by atoms with Gasteiger partial charge in [0.25, 0.3) is 5.91 Å². The number of methoxy groups -OCH3 is 3. The number of amides is 3. The fourth-order valence-electron chi connectivity index (χ4n) is 6.53. The molecule has 256 valence electrons. The maximum absolute atomic E-state index is 13.5. The van der Waals surface area contributed by atoms with Crippen LogP contribution in [-0.4, -0.2) is 81.6 Å². The first-order valence-electron chi connectivity index (χ1n) is 16.4. The standard InChI is InChI=1S/C36H44N4O8/c1-23(41)38-27-13-11-24-21-31(45-2)34(46-3)35(47-4)33(24)25-12-14-28(29(42)22-26(25)27)37-15-7-5-6-10-32(43)39-16-18-40(19-17-39)36(44)30-9-8-20-48-30/h8-9,12,14,20-22,27H,5-7,10-11,13,15-19H2,1-4H3,(H,37,42)(H,38,41)/t27-/m0/s1. The van der Waals surface area contributed by atoms with E-state index in [-0.39, 0.29) is 29.2 Å². The van der Waals surface area contributed by atoms with Crippen LogP contribution in [0.2, 0.25) is 0 Å². The summed E-state index contributed by atoms with van der Waals surface area (Å²) in [5.41, 5.74) is 3.50. The zero-order chi connectivity index (χ0) is 34.2. The normalized spacial score (nSPS) is 15.5. The molecule has 2 aromatic carbocycles. The Hall–Kier alpha value is -5.00. The third-order valence-electron chi connectivity index (χ3n) is 8.95. The van der Waals surface area contributed by atoms with Crippen molar-refractivity contribution in [3.63, 3.8) is 0 Å². The van der Waals surface area contributed by atoms with E-state index in [0.29, 0.717) is 86.2 Å². The number of unbranched alkanes of at least 4 members (excludes halogenated alkanes) is 2. The summed E-state index contributed by atoms with van der Waals surface area (Å²) in [4.78, 5) is 54.5. The zero-order valence-electron chi connectivity index (χ0n) is 28.1. The SMILES string of the molecule is COc1cc2c(c(OC)c1OC)-c1ccc(NCCCCCC(=O)N3CCN(C(=O)c4ccco4)CC3)c(=O)cc1[C@@H](NC(C)=O)CC2. The molecule has 0 radical (unpaired) electrons. The molecular weight excluding hydrogens is 616 g/mol. The van der Waals surface area contributed by atoms with Crippen LogP contribution in [0.3, 0.4) is 0 Å². The summed E-state index contributed by atoms with van der Waals surface area (Å²) in [6, 6.07) is 10.2. The minimum absolute atomic E-state index is 0.0881. The van der Waals surface area contributed by atoms with Crippen molar-refractivity contribution in [3.05, 3.63) is 69.8 Å². The van der Waals surface area contributed by atoms with Crippen molar-refractivity contribution >= 4 is 23.4 Å². The second-order valence-electron chi connectivity index (χ2n) is 12.0. The van der Waals surface area contributed by atoms with Gasteiger partial charge in [-0.1, -0.05) is 12.5 Å². The Balaban J connectivity index is 1.21. The van der Waals surface area contributed by atoms with Crippen LogP contribution in [0, 0.1) is 0 Å². The van der Waals surface area contributed by atoms with Crippen molar-refractivity contribution in [2.75, 3.05) is 59.4 Å². The number of anilines is 1. The number of ether oxygens (including phenoxy) is 3. The summed E-state index contributed by atoms with van der Waals surface area (Å²) in [5, 5.41) is 6.31. The van der Waals surface area contributed by atoms with Crippen LogP contribution in [0.15, 0.2) is 51.9 Å². The average Bonchev–Trinajstić information content (AvgIpc) is 3.54. The van der Waals surface area contributed by atoms with Gasteiger partial charge in [0.2, 0.25) is 23.0 Å². The fraction of sp³-hybridized carbons (Fsp3) is 0.444. The number of rotatable bonds is 12. The highest BCUT2D eigenvalue weighted by atomic mass is 16.5. The summed E-state index contributed by atoms with van der Waals surface area (Å²) in [6.07, 6.45) is 5.45. The third kappa shape index (κ3) is 7.58. The van der Waals surface area contributed by atoms with E-state index in [1.54, 1.807) is 50.5 Å². The number of piperazine rings is 1. The van der Waals surface area contributed by atoms with E-state index < -0.39 is 0 Å². The molecule has 1 atom stereocenters. The molecule has 2 N–H and O–H groups in total. The molecule has 3 amide bonds. The first-order valence-corrected chi connectivity index (χ1v) is 16.4. The maximum atomic E-state index is 13.5. The lowest BCUT2D eigenvalue weighted by Crippen LogP contribution is -2.50. The molecule has 2 aliphatic rings. The topological polar surface area (TPSA) is 140 Å². The highest BCUT2D eigenvalue weighted by Gasteiger charge is 2.30. The van der Waals surface area contributed by atoms with E-state index >= 15 is 0 Å². The minimum atomic E-state index is -0.378. The van der Waals surface area contributed by atoms with Gasteiger partial charge in [-0.2, -0.15) is 0 Å². The lowest BCUT2D eigenvalue weighted by Gasteiger charge is -2.34. The monoisotopic (exact) mass is 660 g/mol. The zero-order valence-corrected chi connectivity index (χ0v) is 28.1.